The molecule has 0 radical (unpaired) electrons. The van der Waals surface area contributed by atoms with Crippen molar-refractivity contribution in [3.8, 4) is 0 Å². The second-order valence-electron chi connectivity index (χ2n) is 4.97. The van der Waals surface area contributed by atoms with E-state index in [9.17, 15) is 9.90 Å². The summed E-state index contributed by atoms with van der Waals surface area (Å²) in [6, 6.07) is 7.95. The monoisotopic (exact) mass is 247 g/mol. The molecule has 1 N–H and O–H groups in total. The molecule has 1 fully saturated rings. The smallest absolute Gasteiger partial charge is 0.321 e. The van der Waals surface area contributed by atoms with Gasteiger partial charge in [0.2, 0.25) is 0 Å². The molecule has 0 spiro atoms. The van der Waals surface area contributed by atoms with Gasteiger partial charge in [-0.1, -0.05) is 31.2 Å². The van der Waals surface area contributed by atoms with Crippen LogP contribution in [0.15, 0.2) is 24.3 Å². The Labute approximate surface area is 108 Å². The first-order valence-electron chi connectivity index (χ1n) is 6.75. The molecule has 1 saturated heterocycles. The second kappa shape index (κ2) is 6.01. The van der Waals surface area contributed by atoms with Gasteiger partial charge in [0, 0.05) is 0 Å². The molecule has 18 heavy (non-hydrogen) atoms. The first-order valence-corrected chi connectivity index (χ1v) is 6.75. The van der Waals surface area contributed by atoms with E-state index in [2.05, 4.69) is 36.1 Å². The highest BCUT2D eigenvalue weighted by Gasteiger charge is 2.27. The summed E-state index contributed by atoms with van der Waals surface area (Å²) in [7, 11) is 0. The third-order valence-electron chi connectivity index (χ3n) is 3.73. The number of aliphatic carboxylic acids is 1. The quantitative estimate of drug-likeness (QED) is 0.868. The van der Waals surface area contributed by atoms with Crippen molar-refractivity contribution in [2.45, 2.75) is 38.6 Å². The Balaban J connectivity index is 2.05. The van der Waals surface area contributed by atoms with Crippen molar-refractivity contribution in [2.75, 3.05) is 13.1 Å². The Morgan fingerprint density at radius 3 is 2.28 bits per heavy atom. The number of rotatable bonds is 5. The van der Waals surface area contributed by atoms with Gasteiger partial charge >= 0.3 is 5.97 Å². The molecule has 1 heterocycles. The lowest BCUT2D eigenvalue weighted by Crippen LogP contribution is -2.40. The predicted molar refractivity (Wildman–Crippen MR) is 71.8 cm³/mol. The zero-order valence-electron chi connectivity index (χ0n) is 10.9. The maximum Gasteiger partial charge on any atom is 0.321 e. The molecule has 2 rings (SSSR count). The zero-order chi connectivity index (χ0) is 13.0. The Morgan fingerprint density at radius 2 is 1.78 bits per heavy atom. The van der Waals surface area contributed by atoms with E-state index in [1.165, 1.54) is 5.56 Å². The fourth-order valence-corrected chi connectivity index (χ4v) is 2.56. The van der Waals surface area contributed by atoms with Crippen molar-refractivity contribution < 1.29 is 9.90 Å². The molecule has 0 saturated carbocycles. The minimum atomic E-state index is -0.698. The van der Waals surface area contributed by atoms with Gasteiger partial charge in [-0.05, 0) is 49.9 Å². The van der Waals surface area contributed by atoms with Gasteiger partial charge in [-0.2, -0.15) is 0 Å². The Kier molecular flexibility index (Phi) is 4.37. The van der Waals surface area contributed by atoms with Crippen LogP contribution in [0, 0.1) is 0 Å². The maximum atomic E-state index is 11.4. The van der Waals surface area contributed by atoms with Crippen LogP contribution in [-0.4, -0.2) is 35.1 Å². The fourth-order valence-electron chi connectivity index (χ4n) is 2.56. The van der Waals surface area contributed by atoms with Crippen molar-refractivity contribution in [2.24, 2.45) is 0 Å². The van der Waals surface area contributed by atoms with Gasteiger partial charge in [0.05, 0.1) is 0 Å². The highest BCUT2D eigenvalue weighted by Crippen LogP contribution is 2.16. The number of carboxylic acid groups (broad SMARTS) is 1. The zero-order valence-corrected chi connectivity index (χ0v) is 10.9. The lowest BCUT2D eigenvalue weighted by atomic mass is 10.0. The van der Waals surface area contributed by atoms with Crippen LogP contribution in [0.1, 0.15) is 30.9 Å². The summed E-state index contributed by atoms with van der Waals surface area (Å²) in [5.41, 5.74) is 2.42. The number of carbonyl (C=O) groups is 1. The van der Waals surface area contributed by atoms with Gasteiger partial charge in [0.25, 0.3) is 0 Å². The van der Waals surface area contributed by atoms with Gasteiger partial charge in [-0.3, -0.25) is 9.69 Å². The molecule has 0 aromatic heterocycles. The number of likely N-dealkylation sites (tertiary alicyclic amines) is 1. The van der Waals surface area contributed by atoms with Gasteiger partial charge in [-0.25, -0.2) is 0 Å². The topological polar surface area (TPSA) is 40.5 Å². The lowest BCUT2D eigenvalue weighted by molar-refractivity contribution is -0.142. The van der Waals surface area contributed by atoms with Crippen LogP contribution in [0.2, 0.25) is 0 Å². The van der Waals surface area contributed by atoms with Crippen molar-refractivity contribution >= 4 is 5.97 Å². The summed E-state index contributed by atoms with van der Waals surface area (Å²) in [4.78, 5) is 13.5. The first kappa shape index (κ1) is 13.1. The molecule has 1 atom stereocenters. The van der Waals surface area contributed by atoms with Crippen LogP contribution >= 0.6 is 0 Å². The number of nitrogens with zero attached hydrogens (tertiary/aromatic N) is 1. The van der Waals surface area contributed by atoms with E-state index in [1.807, 2.05) is 0 Å². The van der Waals surface area contributed by atoms with Crippen molar-refractivity contribution in [3.05, 3.63) is 35.4 Å². The van der Waals surface area contributed by atoms with Crippen LogP contribution in [0.25, 0.3) is 0 Å². The van der Waals surface area contributed by atoms with E-state index < -0.39 is 5.97 Å². The molecule has 98 valence electrons. The van der Waals surface area contributed by atoms with Crippen LogP contribution < -0.4 is 0 Å². The number of aryl methyl sites for hydroxylation is 1. The summed E-state index contributed by atoms with van der Waals surface area (Å²) < 4.78 is 0. The minimum Gasteiger partial charge on any atom is -0.480 e. The predicted octanol–water partition coefficient (Wildman–Crippen LogP) is 2.34. The summed E-state index contributed by atoms with van der Waals surface area (Å²) in [6.07, 6.45) is 3.88. The highest BCUT2D eigenvalue weighted by molar-refractivity contribution is 5.74. The molecule has 0 unspecified atom stereocenters. The molecule has 0 amide bonds. The average molecular weight is 247 g/mol. The SMILES string of the molecule is CCc1ccc(C[C@H](C(=O)O)N2CCCC2)cc1. The largest absolute Gasteiger partial charge is 0.480 e. The average Bonchev–Trinajstić information content (AvgIpc) is 2.90. The van der Waals surface area contributed by atoms with Crippen LogP contribution in [0.3, 0.4) is 0 Å². The van der Waals surface area contributed by atoms with Crippen LogP contribution in [0.5, 0.6) is 0 Å². The van der Waals surface area contributed by atoms with E-state index in [1.54, 1.807) is 0 Å². The van der Waals surface area contributed by atoms with E-state index >= 15 is 0 Å². The molecule has 1 aromatic carbocycles. The summed E-state index contributed by atoms with van der Waals surface area (Å²) in [6.45, 7) is 3.97. The summed E-state index contributed by atoms with van der Waals surface area (Å²) in [5, 5.41) is 9.35. The number of hydrogen-bond donors (Lipinski definition) is 1. The third-order valence-corrected chi connectivity index (χ3v) is 3.73. The molecule has 0 bridgehead atoms. The standard InChI is InChI=1S/C15H21NO2/c1-2-12-5-7-13(8-6-12)11-14(15(17)18)16-9-3-4-10-16/h5-8,14H,2-4,9-11H2,1H3,(H,17,18)/t14-/m1/s1. The Morgan fingerprint density at radius 1 is 1.22 bits per heavy atom. The minimum absolute atomic E-state index is 0.361. The third kappa shape index (κ3) is 3.10. The van der Waals surface area contributed by atoms with Crippen molar-refractivity contribution in [1.29, 1.82) is 0 Å². The summed E-state index contributed by atoms with van der Waals surface area (Å²) in [5.74, 6) is -0.698. The van der Waals surface area contributed by atoms with Gasteiger partial charge in [-0.15, -0.1) is 0 Å². The summed E-state index contributed by atoms with van der Waals surface area (Å²) >= 11 is 0. The van der Waals surface area contributed by atoms with Crippen molar-refractivity contribution in [3.63, 3.8) is 0 Å². The normalized spacial score (nSPS) is 17.8. The molecule has 1 aliphatic rings. The second-order valence-corrected chi connectivity index (χ2v) is 4.97. The highest BCUT2D eigenvalue weighted by atomic mass is 16.4. The molecule has 3 nitrogen and oxygen atoms in total. The molecule has 1 aromatic rings. The lowest BCUT2D eigenvalue weighted by Gasteiger charge is -2.23. The Bertz CT molecular complexity index is 393. The number of benzene rings is 1. The van der Waals surface area contributed by atoms with E-state index in [4.69, 9.17) is 0 Å². The van der Waals surface area contributed by atoms with E-state index in [-0.39, 0.29) is 6.04 Å². The molecular weight excluding hydrogens is 226 g/mol. The Hall–Kier alpha value is -1.35. The van der Waals surface area contributed by atoms with Gasteiger partial charge in [0.1, 0.15) is 6.04 Å². The molecule has 0 aliphatic carbocycles. The van der Waals surface area contributed by atoms with Crippen LogP contribution in [0.4, 0.5) is 0 Å². The van der Waals surface area contributed by atoms with E-state index in [0.29, 0.717) is 6.42 Å². The van der Waals surface area contributed by atoms with Gasteiger partial charge in [0.15, 0.2) is 0 Å². The fraction of sp³-hybridized carbons (Fsp3) is 0.533. The molecule has 3 heteroatoms. The molecule has 1 aliphatic heterocycles. The van der Waals surface area contributed by atoms with Crippen LogP contribution in [-0.2, 0) is 17.6 Å². The number of hydrogen-bond acceptors (Lipinski definition) is 2. The van der Waals surface area contributed by atoms with Crippen molar-refractivity contribution in [1.82, 2.24) is 4.90 Å². The van der Waals surface area contributed by atoms with Gasteiger partial charge < -0.3 is 5.11 Å². The molecular formula is C15H21NO2. The number of carboxylic acids is 1. The van der Waals surface area contributed by atoms with E-state index in [0.717, 1.165) is 37.9 Å². The maximum absolute atomic E-state index is 11.4. The first-order chi connectivity index (χ1) is 8.70.